The Kier molecular flexibility index (Phi) is 10.5. The second-order valence-corrected chi connectivity index (χ2v) is 13.7. The summed E-state index contributed by atoms with van der Waals surface area (Å²) in [5, 5.41) is 0. The van der Waals surface area contributed by atoms with Gasteiger partial charge >= 0.3 is 29.8 Å². The molecule has 0 amide bonds. The number of carbonyl (C=O) groups excluding carboxylic acids is 5. The molecule has 10 nitrogen and oxygen atoms in total. The summed E-state index contributed by atoms with van der Waals surface area (Å²) in [5.74, 6) is -3.98. The third-order valence-corrected chi connectivity index (χ3v) is 10.1. The lowest BCUT2D eigenvalue weighted by molar-refractivity contribution is -0.204. The van der Waals surface area contributed by atoms with Gasteiger partial charge in [-0.15, -0.1) is 0 Å². The van der Waals surface area contributed by atoms with Gasteiger partial charge in [0.05, 0.1) is 0 Å². The van der Waals surface area contributed by atoms with Gasteiger partial charge in [0.1, 0.15) is 24.4 Å². The molecule has 0 radical (unpaired) electrons. The van der Waals surface area contributed by atoms with Crippen LogP contribution in [0.25, 0.3) is 6.08 Å². The van der Waals surface area contributed by atoms with E-state index in [0.29, 0.717) is 36.0 Å². The molecule has 0 aromatic heterocycles. The van der Waals surface area contributed by atoms with E-state index in [9.17, 15) is 24.0 Å². The topological polar surface area (TPSA) is 132 Å². The highest BCUT2D eigenvalue weighted by Gasteiger charge is 2.64. The average Bonchev–Trinajstić information content (AvgIpc) is 2.96. The molecule has 0 aliphatic heterocycles. The van der Waals surface area contributed by atoms with Crippen molar-refractivity contribution in [1.29, 1.82) is 0 Å². The third-order valence-electron chi connectivity index (χ3n) is 10.1. The first-order chi connectivity index (χ1) is 22.0. The molecule has 3 aliphatic carbocycles. The van der Waals surface area contributed by atoms with Crippen molar-refractivity contribution in [2.75, 3.05) is 0 Å². The van der Waals surface area contributed by atoms with Gasteiger partial charge in [-0.3, -0.25) is 19.2 Å². The van der Waals surface area contributed by atoms with Crippen LogP contribution >= 0.6 is 0 Å². The summed E-state index contributed by atoms with van der Waals surface area (Å²) in [5.41, 5.74) is 0.822. The molecule has 0 heterocycles. The smallest absolute Gasteiger partial charge is 0.331 e. The van der Waals surface area contributed by atoms with Crippen molar-refractivity contribution in [3.63, 3.8) is 0 Å². The van der Waals surface area contributed by atoms with Gasteiger partial charge in [-0.25, -0.2) is 4.79 Å². The van der Waals surface area contributed by atoms with Crippen LogP contribution in [-0.4, -0.2) is 60.4 Å². The maximum atomic E-state index is 13.1. The first-order valence-electron chi connectivity index (χ1n) is 16.0. The number of ether oxygens (including phenoxy) is 5. The fourth-order valence-corrected chi connectivity index (χ4v) is 8.16. The molecule has 4 rings (SSSR count). The number of carbonyl (C=O) groups is 5. The van der Waals surface area contributed by atoms with Gasteiger partial charge in [0.15, 0.2) is 6.10 Å². The van der Waals surface area contributed by atoms with E-state index in [-0.39, 0.29) is 0 Å². The monoisotopic (exact) mass is 650 g/mol. The lowest BCUT2D eigenvalue weighted by atomic mass is 9.49. The van der Waals surface area contributed by atoms with Crippen LogP contribution in [0, 0.1) is 22.7 Å². The molecule has 254 valence electrons. The molecule has 47 heavy (non-hydrogen) atoms. The Morgan fingerprint density at radius 1 is 0.809 bits per heavy atom. The minimum Gasteiger partial charge on any atom is -0.462 e. The quantitative estimate of drug-likeness (QED) is 0.157. The average molecular weight is 651 g/mol. The molecule has 1 aromatic carbocycles. The highest BCUT2D eigenvalue weighted by molar-refractivity contribution is 5.87. The SMILES string of the molecule is C=C1[C@@H](OC(=O)C=Cc2ccccc2)CC[C@@]2(C)[C@@H](OC(C)=O)[C@H](OC(C)=O)C3=C(C)[C@@H](OC(C)=O)C[C@@H]([C@@H](OC(C)=O)[C@H]12)C3(C)C. The molecule has 0 unspecified atom stereocenters. The molecule has 1 aromatic rings. The van der Waals surface area contributed by atoms with E-state index in [1.807, 2.05) is 58.0 Å². The normalized spacial score (nSPS) is 31.5. The fourth-order valence-electron chi connectivity index (χ4n) is 8.16. The highest BCUT2D eigenvalue weighted by Crippen LogP contribution is 2.61. The molecule has 0 saturated heterocycles. The van der Waals surface area contributed by atoms with E-state index in [1.54, 1.807) is 6.08 Å². The molecule has 2 bridgehead atoms. The van der Waals surface area contributed by atoms with Crippen LogP contribution in [0.3, 0.4) is 0 Å². The second-order valence-electron chi connectivity index (χ2n) is 13.7. The molecule has 10 heteroatoms. The molecule has 2 fully saturated rings. The molecule has 3 aliphatic rings. The zero-order chi connectivity index (χ0) is 34.8. The number of fused-ring (bicyclic) bond motifs is 3. The minimum absolute atomic E-state index is 0.301. The largest absolute Gasteiger partial charge is 0.462 e. The first kappa shape index (κ1) is 35.6. The lowest BCUT2D eigenvalue weighted by Crippen LogP contribution is -2.64. The highest BCUT2D eigenvalue weighted by atomic mass is 16.6. The van der Waals surface area contributed by atoms with Crippen LogP contribution in [0.15, 0.2) is 59.7 Å². The molecule has 0 spiro atoms. The van der Waals surface area contributed by atoms with E-state index >= 15 is 0 Å². The number of hydrogen-bond acceptors (Lipinski definition) is 10. The third kappa shape index (κ3) is 7.36. The van der Waals surface area contributed by atoms with Crippen molar-refractivity contribution in [2.45, 2.75) is 105 Å². The summed E-state index contributed by atoms with van der Waals surface area (Å²) in [6.07, 6.45) is -0.472. The summed E-state index contributed by atoms with van der Waals surface area (Å²) in [6.45, 7) is 17.3. The van der Waals surface area contributed by atoms with Gasteiger partial charge in [0.25, 0.3) is 0 Å². The number of hydrogen-bond donors (Lipinski definition) is 0. The van der Waals surface area contributed by atoms with Crippen molar-refractivity contribution in [2.24, 2.45) is 22.7 Å². The van der Waals surface area contributed by atoms with E-state index < -0.39 is 83.0 Å². The van der Waals surface area contributed by atoms with Crippen LogP contribution in [0.5, 0.6) is 0 Å². The summed E-state index contributed by atoms with van der Waals surface area (Å²) in [7, 11) is 0. The Balaban J connectivity index is 1.90. The van der Waals surface area contributed by atoms with Crippen molar-refractivity contribution in [1.82, 2.24) is 0 Å². The second kappa shape index (κ2) is 13.9. The Morgan fingerprint density at radius 2 is 1.40 bits per heavy atom. The predicted octanol–water partition coefficient (Wildman–Crippen LogP) is 5.69. The zero-order valence-corrected chi connectivity index (χ0v) is 28.5. The van der Waals surface area contributed by atoms with Gasteiger partial charge in [0, 0.05) is 51.0 Å². The van der Waals surface area contributed by atoms with Gasteiger partial charge < -0.3 is 23.7 Å². The predicted molar refractivity (Wildman–Crippen MR) is 172 cm³/mol. The van der Waals surface area contributed by atoms with Crippen LogP contribution in [0.1, 0.15) is 80.2 Å². The minimum atomic E-state index is -1.06. The Morgan fingerprint density at radius 3 is 1.98 bits per heavy atom. The van der Waals surface area contributed by atoms with E-state index in [1.165, 1.54) is 33.8 Å². The maximum absolute atomic E-state index is 13.1. The van der Waals surface area contributed by atoms with Crippen LogP contribution in [-0.2, 0) is 47.7 Å². The first-order valence-corrected chi connectivity index (χ1v) is 16.0. The van der Waals surface area contributed by atoms with Crippen molar-refractivity contribution < 1.29 is 47.7 Å². The number of esters is 5. The van der Waals surface area contributed by atoms with E-state index in [4.69, 9.17) is 23.7 Å². The summed E-state index contributed by atoms with van der Waals surface area (Å²) in [6, 6.07) is 9.33. The van der Waals surface area contributed by atoms with Crippen molar-refractivity contribution in [3.8, 4) is 0 Å². The van der Waals surface area contributed by atoms with Gasteiger partial charge in [-0.1, -0.05) is 57.7 Å². The summed E-state index contributed by atoms with van der Waals surface area (Å²) in [4.78, 5) is 63.7. The lowest BCUT2D eigenvalue weighted by Gasteiger charge is -2.60. The zero-order valence-electron chi connectivity index (χ0n) is 28.5. The Labute approximate surface area is 276 Å². The van der Waals surface area contributed by atoms with Gasteiger partial charge in [-0.05, 0) is 60.0 Å². The van der Waals surface area contributed by atoms with Crippen LogP contribution in [0.4, 0.5) is 0 Å². The summed E-state index contributed by atoms with van der Waals surface area (Å²) >= 11 is 0. The number of benzene rings is 1. The van der Waals surface area contributed by atoms with Gasteiger partial charge in [-0.2, -0.15) is 0 Å². The molecular weight excluding hydrogens is 604 g/mol. The maximum Gasteiger partial charge on any atom is 0.331 e. The van der Waals surface area contributed by atoms with Crippen molar-refractivity contribution in [3.05, 3.63) is 65.3 Å². The standard InChI is InChI=1S/C37H46O10/c1-20-28(47-30(42)16-15-26-13-11-10-12-14-26)17-18-37(9)32(20)33(44-23(4)39)27-19-29(43-22(3)38)21(2)31(36(27,7)8)34(45-24(5)40)35(37)46-25(6)41/h10-16,27-29,32-35H,1,17-19H2,2-9H3/t27-,28-,29-,32-,33+,34+,35-,37+/m0/s1. The van der Waals surface area contributed by atoms with Crippen LogP contribution in [0.2, 0.25) is 0 Å². The molecular formula is C37H46O10. The fraction of sp³-hybridized carbons (Fsp3) is 0.541. The molecule has 8 atom stereocenters. The number of rotatable bonds is 7. The Hall–Kier alpha value is -4.21. The van der Waals surface area contributed by atoms with E-state index in [0.717, 1.165) is 5.56 Å². The van der Waals surface area contributed by atoms with Crippen molar-refractivity contribution >= 4 is 35.9 Å². The summed E-state index contributed by atoms with van der Waals surface area (Å²) < 4.78 is 30.1. The molecule has 2 saturated carbocycles. The van der Waals surface area contributed by atoms with Gasteiger partial charge in [0.2, 0.25) is 0 Å². The van der Waals surface area contributed by atoms with E-state index in [2.05, 4.69) is 6.58 Å². The Bertz CT molecular complexity index is 1490. The molecule has 0 N–H and O–H groups in total. The van der Waals surface area contributed by atoms with Crippen LogP contribution < -0.4 is 0 Å².